The summed E-state index contributed by atoms with van der Waals surface area (Å²) in [7, 11) is 3.03. The van der Waals surface area contributed by atoms with Gasteiger partial charge in [-0.05, 0) is 56.0 Å². The number of likely N-dealkylation sites (N-methyl/N-ethyl adjacent to an activating group) is 1. The van der Waals surface area contributed by atoms with Gasteiger partial charge in [-0.3, -0.25) is 19.2 Å². The van der Waals surface area contributed by atoms with E-state index in [0.29, 0.717) is 22.5 Å². The molecular formula is C23H29FN4O4. The van der Waals surface area contributed by atoms with Crippen LogP contribution in [0.15, 0.2) is 18.2 Å². The van der Waals surface area contributed by atoms with Crippen LogP contribution in [0.25, 0.3) is 0 Å². The Morgan fingerprint density at radius 1 is 1.06 bits per heavy atom. The number of carbonyl (C=O) groups excluding carboxylic acids is 4. The molecule has 32 heavy (non-hydrogen) atoms. The number of hydrogen-bond acceptors (Lipinski definition) is 4. The molecule has 3 amide bonds. The Balaban J connectivity index is 2.34. The Labute approximate surface area is 186 Å². The van der Waals surface area contributed by atoms with E-state index in [0.717, 1.165) is 0 Å². The van der Waals surface area contributed by atoms with Crippen LogP contribution in [-0.4, -0.2) is 41.2 Å². The number of rotatable bonds is 7. The van der Waals surface area contributed by atoms with E-state index in [2.05, 4.69) is 16.0 Å². The van der Waals surface area contributed by atoms with E-state index in [9.17, 15) is 23.6 Å². The number of benzene rings is 1. The summed E-state index contributed by atoms with van der Waals surface area (Å²) in [5.41, 5.74) is 1.92. The molecule has 0 aliphatic heterocycles. The maximum atomic E-state index is 13.5. The van der Waals surface area contributed by atoms with E-state index in [4.69, 9.17) is 0 Å². The van der Waals surface area contributed by atoms with Gasteiger partial charge in [0.1, 0.15) is 11.9 Å². The number of halogens is 1. The van der Waals surface area contributed by atoms with Gasteiger partial charge in [0.05, 0.1) is 11.3 Å². The van der Waals surface area contributed by atoms with Gasteiger partial charge in [0.2, 0.25) is 5.91 Å². The fraction of sp³-hybridized carbons (Fsp3) is 0.391. The number of amides is 3. The van der Waals surface area contributed by atoms with Crippen LogP contribution in [0.1, 0.15) is 51.5 Å². The van der Waals surface area contributed by atoms with Crippen LogP contribution in [0.3, 0.4) is 0 Å². The summed E-state index contributed by atoms with van der Waals surface area (Å²) in [4.78, 5) is 50.5. The Morgan fingerprint density at radius 2 is 1.69 bits per heavy atom. The van der Waals surface area contributed by atoms with Gasteiger partial charge in [-0.25, -0.2) is 4.39 Å². The fourth-order valence-electron chi connectivity index (χ4n) is 3.55. The number of ketones is 1. The molecule has 3 N–H and O–H groups in total. The number of anilines is 1. The Morgan fingerprint density at radius 3 is 2.22 bits per heavy atom. The van der Waals surface area contributed by atoms with Gasteiger partial charge in [-0.15, -0.1) is 0 Å². The van der Waals surface area contributed by atoms with E-state index in [1.807, 2.05) is 0 Å². The van der Waals surface area contributed by atoms with E-state index in [1.165, 1.54) is 29.8 Å². The molecule has 0 unspecified atom stereocenters. The first-order valence-corrected chi connectivity index (χ1v) is 10.2. The van der Waals surface area contributed by atoms with Gasteiger partial charge in [0.15, 0.2) is 0 Å². The van der Waals surface area contributed by atoms with Crippen molar-refractivity contribution in [2.75, 3.05) is 12.4 Å². The van der Waals surface area contributed by atoms with Crippen LogP contribution in [0.5, 0.6) is 0 Å². The van der Waals surface area contributed by atoms with Gasteiger partial charge >= 0.3 is 0 Å². The Kier molecular flexibility index (Phi) is 7.56. The van der Waals surface area contributed by atoms with Crippen molar-refractivity contribution in [2.45, 2.75) is 40.7 Å². The first-order chi connectivity index (χ1) is 14.9. The molecule has 1 heterocycles. The lowest BCUT2D eigenvalue weighted by Crippen LogP contribution is -2.50. The maximum Gasteiger partial charge on any atom is 0.294 e. The van der Waals surface area contributed by atoms with Crippen molar-refractivity contribution in [3.8, 4) is 0 Å². The zero-order chi connectivity index (χ0) is 24.3. The van der Waals surface area contributed by atoms with Crippen LogP contribution in [0, 0.1) is 32.5 Å². The third-order valence-corrected chi connectivity index (χ3v) is 5.48. The average molecular weight is 445 g/mol. The zero-order valence-corrected chi connectivity index (χ0v) is 19.3. The molecule has 1 atom stereocenters. The molecule has 1 aromatic carbocycles. The third-order valence-electron chi connectivity index (χ3n) is 5.48. The van der Waals surface area contributed by atoms with Gasteiger partial charge < -0.3 is 20.5 Å². The Hall–Kier alpha value is -3.49. The molecule has 0 aliphatic rings. The van der Waals surface area contributed by atoms with Crippen LogP contribution in [0.4, 0.5) is 10.1 Å². The lowest BCUT2D eigenvalue weighted by Gasteiger charge is -2.20. The second-order valence-electron chi connectivity index (χ2n) is 8.05. The summed E-state index contributed by atoms with van der Waals surface area (Å²) in [6.07, 6.45) is 0. The molecule has 0 saturated heterocycles. The van der Waals surface area contributed by atoms with Crippen LogP contribution >= 0.6 is 0 Å². The van der Waals surface area contributed by atoms with Crippen LogP contribution < -0.4 is 16.0 Å². The minimum Gasteiger partial charge on any atom is -0.357 e. The summed E-state index contributed by atoms with van der Waals surface area (Å²) < 4.78 is 15.0. The summed E-state index contributed by atoms with van der Waals surface area (Å²) >= 11 is 0. The normalized spacial score (nSPS) is 11.8. The van der Waals surface area contributed by atoms with E-state index in [-0.39, 0.29) is 23.0 Å². The number of nitrogens with zero attached hydrogens (tertiary/aromatic N) is 1. The molecule has 2 rings (SSSR count). The topological polar surface area (TPSA) is 109 Å². The molecule has 2 aromatic rings. The number of nitrogens with one attached hydrogen (secondary N) is 3. The van der Waals surface area contributed by atoms with Crippen LogP contribution in [0.2, 0.25) is 0 Å². The largest absolute Gasteiger partial charge is 0.357 e. The monoisotopic (exact) mass is 444 g/mol. The summed E-state index contributed by atoms with van der Waals surface area (Å²) in [6.45, 7) is 8.33. The van der Waals surface area contributed by atoms with Crippen molar-refractivity contribution in [1.29, 1.82) is 0 Å². The minimum atomic E-state index is -0.933. The highest BCUT2D eigenvalue weighted by atomic mass is 19.1. The number of Topliss-reactive ketones (excluding diaryl/α,β-unsaturated/α-hetero) is 1. The van der Waals surface area contributed by atoms with Crippen LogP contribution in [-0.2, 0) is 16.6 Å². The molecule has 1 aromatic heterocycles. The molecule has 9 heteroatoms. The van der Waals surface area contributed by atoms with Gasteiger partial charge in [0, 0.05) is 25.5 Å². The van der Waals surface area contributed by atoms with E-state index < -0.39 is 29.5 Å². The second-order valence-corrected chi connectivity index (χ2v) is 8.05. The van der Waals surface area contributed by atoms with Crippen molar-refractivity contribution >= 4 is 29.2 Å². The van der Waals surface area contributed by atoms with Gasteiger partial charge in [-0.1, -0.05) is 13.8 Å². The predicted octanol–water partition coefficient (Wildman–Crippen LogP) is 2.41. The standard InChI is InChI=1S/C23H29FN4O4/c1-11(2)18(22(31)25-6)27-23(32)20(29)19-13(4)17(14(5)28(19)7)21(30)26-15-8-9-16(24)12(3)10-15/h8-11,18H,1-7H3,(H,25,31)(H,26,30)(H,27,32)/t18-/m0/s1. The molecule has 0 fully saturated rings. The smallest absolute Gasteiger partial charge is 0.294 e. The van der Waals surface area contributed by atoms with E-state index >= 15 is 0 Å². The van der Waals surface area contributed by atoms with Crippen molar-refractivity contribution in [2.24, 2.45) is 13.0 Å². The zero-order valence-electron chi connectivity index (χ0n) is 19.3. The molecule has 0 saturated carbocycles. The number of hydrogen-bond donors (Lipinski definition) is 3. The SMILES string of the molecule is CNC(=O)[C@@H](NC(=O)C(=O)c1c(C)c(C(=O)Nc2ccc(F)c(C)c2)c(C)n1C)C(C)C. The van der Waals surface area contributed by atoms with Crippen molar-refractivity contribution in [1.82, 2.24) is 15.2 Å². The predicted molar refractivity (Wildman–Crippen MR) is 119 cm³/mol. The van der Waals surface area contributed by atoms with Gasteiger partial charge in [0.25, 0.3) is 17.6 Å². The lowest BCUT2D eigenvalue weighted by atomic mass is 10.0. The average Bonchev–Trinajstić information content (AvgIpc) is 2.95. The summed E-state index contributed by atoms with van der Waals surface area (Å²) in [5, 5.41) is 7.65. The molecular weight excluding hydrogens is 415 g/mol. The molecule has 8 nitrogen and oxygen atoms in total. The number of carbonyl (C=O) groups is 4. The van der Waals surface area contributed by atoms with Crippen molar-refractivity contribution < 1.29 is 23.6 Å². The van der Waals surface area contributed by atoms with Crippen molar-refractivity contribution in [3.63, 3.8) is 0 Å². The molecule has 0 aliphatic carbocycles. The molecule has 0 bridgehead atoms. The lowest BCUT2D eigenvalue weighted by molar-refractivity contribution is -0.127. The quantitative estimate of drug-likeness (QED) is 0.450. The fourth-order valence-corrected chi connectivity index (χ4v) is 3.55. The van der Waals surface area contributed by atoms with E-state index in [1.54, 1.807) is 41.7 Å². The van der Waals surface area contributed by atoms with Gasteiger partial charge in [-0.2, -0.15) is 0 Å². The highest BCUT2D eigenvalue weighted by Crippen LogP contribution is 2.24. The first kappa shape index (κ1) is 24.8. The Bertz CT molecular complexity index is 1090. The molecule has 0 radical (unpaired) electrons. The molecule has 0 spiro atoms. The summed E-state index contributed by atoms with van der Waals surface area (Å²) in [5.74, 6) is -3.28. The number of aromatic nitrogens is 1. The van der Waals surface area contributed by atoms with Crippen molar-refractivity contribution in [3.05, 3.63) is 52.1 Å². The second kappa shape index (κ2) is 9.76. The highest BCUT2D eigenvalue weighted by molar-refractivity contribution is 6.43. The first-order valence-electron chi connectivity index (χ1n) is 10.2. The highest BCUT2D eigenvalue weighted by Gasteiger charge is 2.31. The summed E-state index contributed by atoms with van der Waals surface area (Å²) in [6, 6.07) is 3.33. The number of aryl methyl sites for hydroxylation is 1. The minimum absolute atomic E-state index is 0.0554. The third kappa shape index (κ3) is 4.87. The maximum absolute atomic E-state index is 13.5. The molecule has 172 valence electrons.